The Morgan fingerprint density at radius 3 is 2.55 bits per heavy atom. The van der Waals surface area contributed by atoms with Crippen LogP contribution in [0, 0.1) is 10.1 Å². The van der Waals surface area contributed by atoms with Crippen LogP contribution in [0.15, 0.2) is 24.8 Å². The van der Waals surface area contributed by atoms with Crippen molar-refractivity contribution in [2.75, 3.05) is 27.3 Å². The monoisotopic (exact) mass is 325 g/mol. The van der Waals surface area contributed by atoms with E-state index in [9.17, 15) is 10.1 Å². The van der Waals surface area contributed by atoms with E-state index in [1.165, 1.54) is 20.3 Å². The topological polar surface area (TPSA) is 85.7 Å². The van der Waals surface area contributed by atoms with E-state index in [0.717, 1.165) is 0 Å². The third kappa shape index (κ3) is 4.88. The summed E-state index contributed by atoms with van der Waals surface area (Å²) in [6.07, 6.45) is 2.11. The van der Waals surface area contributed by atoms with E-state index in [0.29, 0.717) is 41.7 Å². The van der Waals surface area contributed by atoms with Gasteiger partial charge in [-0.1, -0.05) is 6.08 Å². The maximum Gasteiger partial charge on any atom is 0.276 e. The molecule has 120 valence electrons. The summed E-state index contributed by atoms with van der Waals surface area (Å²) in [5.41, 5.74) is 0.533. The molecule has 1 rings (SSSR count). The normalized spacial score (nSPS) is 9.73. The quantitative estimate of drug-likeness (QED) is 0.326. The third-order valence-electron chi connectivity index (χ3n) is 2.87. The van der Waals surface area contributed by atoms with Gasteiger partial charge in [0.15, 0.2) is 16.6 Å². The summed E-state index contributed by atoms with van der Waals surface area (Å²) >= 11 is 5.06. The molecule has 0 fully saturated rings. The maximum absolute atomic E-state index is 11.2. The molecule has 0 bridgehead atoms. The van der Waals surface area contributed by atoms with Crippen LogP contribution in [-0.2, 0) is 6.42 Å². The average Bonchev–Trinajstić information content (AvgIpc) is 2.51. The van der Waals surface area contributed by atoms with Crippen molar-refractivity contribution in [2.24, 2.45) is 0 Å². The van der Waals surface area contributed by atoms with Gasteiger partial charge in [-0.15, -0.1) is 6.58 Å². The number of nitrogens with zero attached hydrogens (tertiary/aromatic N) is 1. The lowest BCUT2D eigenvalue weighted by Gasteiger charge is -2.12. The summed E-state index contributed by atoms with van der Waals surface area (Å²) in [4.78, 5) is 10.7. The zero-order valence-corrected chi connectivity index (χ0v) is 13.4. The van der Waals surface area contributed by atoms with Crippen molar-refractivity contribution in [2.45, 2.75) is 6.42 Å². The van der Waals surface area contributed by atoms with Gasteiger partial charge in [-0.25, -0.2) is 0 Å². The van der Waals surface area contributed by atoms with E-state index in [2.05, 4.69) is 17.2 Å². The van der Waals surface area contributed by atoms with Crippen molar-refractivity contribution in [3.05, 3.63) is 40.5 Å². The summed E-state index contributed by atoms with van der Waals surface area (Å²) in [6.45, 7) is 4.59. The number of benzene rings is 1. The van der Waals surface area contributed by atoms with Gasteiger partial charge in [0.05, 0.1) is 25.2 Å². The molecule has 0 radical (unpaired) electrons. The lowest BCUT2D eigenvalue weighted by molar-refractivity contribution is -0.385. The van der Waals surface area contributed by atoms with Crippen LogP contribution >= 0.6 is 12.2 Å². The first-order valence-electron chi connectivity index (χ1n) is 6.55. The van der Waals surface area contributed by atoms with Gasteiger partial charge in [0, 0.05) is 18.7 Å². The van der Waals surface area contributed by atoms with Gasteiger partial charge < -0.3 is 20.1 Å². The Balaban J connectivity index is 2.82. The predicted octanol–water partition coefficient (Wildman–Crippen LogP) is 1.80. The fourth-order valence-corrected chi connectivity index (χ4v) is 2.00. The molecule has 8 heteroatoms. The summed E-state index contributed by atoms with van der Waals surface area (Å²) in [7, 11) is 2.92. The number of rotatable bonds is 8. The predicted molar refractivity (Wildman–Crippen MR) is 88.7 cm³/mol. The molecule has 2 N–H and O–H groups in total. The second-order valence-electron chi connectivity index (χ2n) is 4.27. The highest BCUT2D eigenvalue weighted by Gasteiger charge is 2.19. The van der Waals surface area contributed by atoms with Crippen LogP contribution in [0.1, 0.15) is 5.56 Å². The van der Waals surface area contributed by atoms with Gasteiger partial charge in [-0.2, -0.15) is 0 Å². The molecule has 0 aliphatic carbocycles. The van der Waals surface area contributed by atoms with E-state index in [1.54, 1.807) is 12.1 Å². The molecule has 1 aromatic carbocycles. The minimum absolute atomic E-state index is 0.00980. The van der Waals surface area contributed by atoms with Gasteiger partial charge in [-0.3, -0.25) is 10.1 Å². The van der Waals surface area contributed by atoms with Crippen molar-refractivity contribution in [1.29, 1.82) is 0 Å². The SMILES string of the molecule is C=CCNC(=S)NCCc1cc(OC)c(OC)cc1[N+](=O)[O-]. The van der Waals surface area contributed by atoms with Gasteiger partial charge in [-0.05, 0) is 24.7 Å². The number of hydrogen-bond donors (Lipinski definition) is 2. The number of nitro groups is 1. The minimum atomic E-state index is -0.439. The number of methoxy groups -OCH3 is 2. The molecule has 7 nitrogen and oxygen atoms in total. The largest absolute Gasteiger partial charge is 0.493 e. The van der Waals surface area contributed by atoms with E-state index in [-0.39, 0.29) is 5.69 Å². The summed E-state index contributed by atoms with van der Waals surface area (Å²) in [6, 6.07) is 2.97. The van der Waals surface area contributed by atoms with Crippen molar-refractivity contribution in [3.8, 4) is 11.5 Å². The first-order chi connectivity index (χ1) is 10.5. The highest BCUT2D eigenvalue weighted by molar-refractivity contribution is 7.80. The van der Waals surface area contributed by atoms with Crippen molar-refractivity contribution in [3.63, 3.8) is 0 Å². The van der Waals surface area contributed by atoms with E-state index in [1.807, 2.05) is 0 Å². The Kier molecular flexibility index (Phi) is 7.11. The standard InChI is InChI=1S/C14H19N3O4S/c1-4-6-15-14(22)16-7-5-10-8-12(20-2)13(21-3)9-11(10)17(18)19/h4,8-9H,1,5-7H2,2-3H3,(H2,15,16,22). The molecule has 0 aliphatic rings. The molecule has 0 heterocycles. The van der Waals surface area contributed by atoms with Crippen LogP contribution in [0.4, 0.5) is 5.69 Å². The molecule has 0 amide bonds. The molecule has 0 spiro atoms. The fraction of sp³-hybridized carbons (Fsp3) is 0.357. The Morgan fingerprint density at radius 1 is 1.36 bits per heavy atom. The zero-order chi connectivity index (χ0) is 16.5. The number of ether oxygens (including phenoxy) is 2. The van der Waals surface area contributed by atoms with Gasteiger partial charge in [0.1, 0.15) is 0 Å². The first-order valence-corrected chi connectivity index (χ1v) is 6.96. The van der Waals surface area contributed by atoms with Crippen LogP contribution in [0.3, 0.4) is 0 Å². The lowest BCUT2D eigenvalue weighted by atomic mass is 10.1. The molecule has 0 unspecified atom stereocenters. The van der Waals surface area contributed by atoms with E-state index in [4.69, 9.17) is 21.7 Å². The van der Waals surface area contributed by atoms with Crippen molar-refractivity contribution < 1.29 is 14.4 Å². The Morgan fingerprint density at radius 2 is 2.00 bits per heavy atom. The van der Waals surface area contributed by atoms with Crippen LogP contribution in [0.2, 0.25) is 0 Å². The number of nitrogens with one attached hydrogen (secondary N) is 2. The number of thiocarbonyl (C=S) groups is 1. The number of hydrogen-bond acceptors (Lipinski definition) is 5. The molecule has 0 atom stereocenters. The Hall–Kier alpha value is -2.35. The fourth-order valence-electron chi connectivity index (χ4n) is 1.82. The summed E-state index contributed by atoms with van der Waals surface area (Å²) in [5.74, 6) is 0.782. The highest BCUT2D eigenvalue weighted by atomic mass is 32.1. The average molecular weight is 325 g/mol. The maximum atomic E-state index is 11.2. The van der Waals surface area contributed by atoms with Crippen LogP contribution in [-0.4, -0.2) is 37.3 Å². The molecule has 0 saturated heterocycles. The zero-order valence-electron chi connectivity index (χ0n) is 12.5. The smallest absolute Gasteiger partial charge is 0.276 e. The van der Waals surface area contributed by atoms with Crippen LogP contribution in [0.5, 0.6) is 11.5 Å². The molecule has 0 aromatic heterocycles. The molecular formula is C14H19N3O4S. The number of nitro benzene ring substituents is 1. The first kappa shape index (κ1) is 17.7. The third-order valence-corrected chi connectivity index (χ3v) is 3.16. The van der Waals surface area contributed by atoms with Crippen LogP contribution in [0.25, 0.3) is 0 Å². The minimum Gasteiger partial charge on any atom is -0.493 e. The van der Waals surface area contributed by atoms with E-state index >= 15 is 0 Å². The highest BCUT2D eigenvalue weighted by Crippen LogP contribution is 2.34. The summed E-state index contributed by atoms with van der Waals surface area (Å²) < 4.78 is 10.3. The molecule has 0 aliphatic heterocycles. The molecule has 0 saturated carbocycles. The van der Waals surface area contributed by atoms with Gasteiger partial charge in [0.25, 0.3) is 5.69 Å². The molecular weight excluding hydrogens is 306 g/mol. The molecule has 22 heavy (non-hydrogen) atoms. The summed E-state index contributed by atoms with van der Waals surface area (Å²) in [5, 5.41) is 17.5. The molecule has 1 aromatic rings. The lowest BCUT2D eigenvalue weighted by Crippen LogP contribution is -2.36. The Labute approximate surface area is 134 Å². The van der Waals surface area contributed by atoms with E-state index < -0.39 is 4.92 Å². The second kappa shape index (κ2) is 8.83. The van der Waals surface area contributed by atoms with Gasteiger partial charge in [0.2, 0.25) is 0 Å². The van der Waals surface area contributed by atoms with Crippen LogP contribution < -0.4 is 20.1 Å². The van der Waals surface area contributed by atoms with Gasteiger partial charge >= 0.3 is 0 Å². The second-order valence-corrected chi connectivity index (χ2v) is 4.68. The van der Waals surface area contributed by atoms with Crippen molar-refractivity contribution >= 4 is 23.0 Å². The Bertz CT molecular complexity index is 563. The van der Waals surface area contributed by atoms with Crippen molar-refractivity contribution in [1.82, 2.24) is 10.6 Å².